The van der Waals surface area contributed by atoms with E-state index in [0.29, 0.717) is 5.56 Å². The zero-order valence-electron chi connectivity index (χ0n) is 11.1. The third kappa shape index (κ3) is 3.23. The van der Waals surface area contributed by atoms with Crippen molar-refractivity contribution in [3.8, 4) is 0 Å². The van der Waals surface area contributed by atoms with Gasteiger partial charge in [0.15, 0.2) is 0 Å². The van der Waals surface area contributed by atoms with Crippen molar-refractivity contribution in [2.75, 3.05) is 6.54 Å². The van der Waals surface area contributed by atoms with E-state index in [4.69, 9.17) is 0 Å². The normalized spacial score (nSPS) is 12.4. The molecule has 2 rings (SSSR count). The Morgan fingerprint density at radius 1 is 1.21 bits per heavy atom. The van der Waals surface area contributed by atoms with E-state index in [1.54, 1.807) is 13.0 Å². The summed E-state index contributed by atoms with van der Waals surface area (Å²) in [5.41, 5.74) is 2.73. The molecule has 3 heteroatoms. The van der Waals surface area contributed by atoms with Crippen LogP contribution in [0.1, 0.15) is 29.7 Å². The van der Waals surface area contributed by atoms with Gasteiger partial charge in [-0.25, -0.2) is 4.39 Å². The SMILES string of the molecule is CCNC(c1ccc(C)c(F)c1)c1ccccc1Br. The first kappa shape index (κ1) is 14.2. The molecule has 0 radical (unpaired) electrons. The molecule has 1 unspecified atom stereocenters. The molecule has 0 fully saturated rings. The van der Waals surface area contributed by atoms with Gasteiger partial charge >= 0.3 is 0 Å². The van der Waals surface area contributed by atoms with Gasteiger partial charge in [-0.2, -0.15) is 0 Å². The maximum absolute atomic E-state index is 13.8. The molecule has 0 aromatic heterocycles. The lowest BCUT2D eigenvalue weighted by atomic mass is 9.97. The second kappa shape index (κ2) is 6.31. The molecule has 0 heterocycles. The molecule has 0 aliphatic rings. The molecule has 0 spiro atoms. The fourth-order valence-corrected chi connectivity index (χ4v) is 2.62. The summed E-state index contributed by atoms with van der Waals surface area (Å²) in [7, 11) is 0. The molecule has 1 atom stereocenters. The van der Waals surface area contributed by atoms with E-state index < -0.39 is 0 Å². The van der Waals surface area contributed by atoms with Crippen LogP contribution >= 0.6 is 15.9 Å². The van der Waals surface area contributed by atoms with Crippen LogP contribution in [0.25, 0.3) is 0 Å². The average Bonchev–Trinajstić information content (AvgIpc) is 2.40. The number of nitrogens with one attached hydrogen (secondary N) is 1. The summed E-state index contributed by atoms with van der Waals surface area (Å²) in [5, 5.41) is 3.41. The molecule has 0 aliphatic heterocycles. The molecule has 0 aliphatic carbocycles. The molecule has 2 aromatic rings. The first-order valence-electron chi connectivity index (χ1n) is 6.37. The summed E-state index contributed by atoms with van der Waals surface area (Å²) >= 11 is 3.56. The molecule has 19 heavy (non-hydrogen) atoms. The fourth-order valence-electron chi connectivity index (χ4n) is 2.11. The smallest absolute Gasteiger partial charge is 0.126 e. The van der Waals surface area contributed by atoms with Crippen LogP contribution < -0.4 is 5.32 Å². The maximum atomic E-state index is 13.8. The number of halogens is 2. The van der Waals surface area contributed by atoms with Gasteiger partial charge < -0.3 is 5.32 Å². The van der Waals surface area contributed by atoms with Gasteiger partial charge in [0.05, 0.1) is 6.04 Å². The first-order valence-corrected chi connectivity index (χ1v) is 7.16. The van der Waals surface area contributed by atoms with Gasteiger partial charge in [0.2, 0.25) is 0 Å². The Hall–Kier alpha value is -1.19. The average molecular weight is 322 g/mol. The van der Waals surface area contributed by atoms with Crippen LogP contribution in [-0.4, -0.2) is 6.54 Å². The highest BCUT2D eigenvalue weighted by Gasteiger charge is 2.16. The highest BCUT2D eigenvalue weighted by molar-refractivity contribution is 9.10. The van der Waals surface area contributed by atoms with E-state index in [2.05, 4.69) is 27.3 Å². The largest absolute Gasteiger partial charge is 0.306 e. The zero-order chi connectivity index (χ0) is 13.8. The van der Waals surface area contributed by atoms with Crippen molar-refractivity contribution in [1.82, 2.24) is 5.32 Å². The molecular weight excluding hydrogens is 305 g/mol. The molecule has 1 N–H and O–H groups in total. The van der Waals surface area contributed by atoms with Crippen molar-refractivity contribution < 1.29 is 4.39 Å². The van der Waals surface area contributed by atoms with Crippen molar-refractivity contribution >= 4 is 15.9 Å². The Morgan fingerprint density at radius 2 is 1.95 bits per heavy atom. The third-order valence-corrected chi connectivity index (χ3v) is 3.88. The summed E-state index contributed by atoms with van der Waals surface area (Å²) in [6.07, 6.45) is 0. The van der Waals surface area contributed by atoms with Gasteiger partial charge in [-0.15, -0.1) is 0 Å². The minimum absolute atomic E-state index is 0.00400. The van der Waals surface area contributed by atoms with E-state index >= 15 is 0 Å². The lowest BCUT2D eigenvalue weighted by molar-refractivity contribution is 0.596. The maximum Gasteiger partial charge on any atom is 0.126 e. The number of rotatable bonds is 4. The number of hydrogen-bond acceptors (Lipinski definition) is 1. The molecule has 1 nitrogen and oxygen atoms in total. The fraction of sp³-hybridized carbons (Fsp3) is 0.250. The predicted octanol–water partition coefficient (Wildman–Crippen LogP) is 4.60. The van der Waals surface area contributed by atoms with Gasteiger partial charge in [0.25, 0.3) is 0 Å². The van der Waals surface area contributed by atoms with Crippen molar-refractivity contribution in [3.05, 3.63) is 69.4 Å². The van der Waals surface area contributed by atoms with Gasteiger partial charge in [-0.1, -0.05) is 53.2 Å². The van der Waals surface area contributed by atoms with Crippen LogP contribution in [0.15, 0.2) is 46.9 Å². The van der Waals surface area contributed by atoms with E-state index in [1.165, 1.54) is 0 Å². The Bertz CT molecular complexity index is 568. The highest BCUT2D eigenvalue weighted by atomic mass is 79.9. The number of aryl methyl sites for hydroxylation is 1. The van der Waals surface area contributed by atoms with Gasteiger partial charge in [0.1, 0.15) is 5.82 Å². The third-order valence-electron chi connectivity index (χ3n) is 3.15. The molecule has 2 aromatic carbocycles. The van der Waals surface area contributed by atoms with Crippen LogP contribution in [0.3, 0.4) is 0 Å². The molecule has 100 valence electrons. The summed E-state index contributed by atoms with van der Waals surface area (Å²) < 4.78 is 14.8. The first-order chi connectivity index (χ1) is 9.13. The second-order valence-corrected chi connectivity index (χ2v) is 5.38. The van der Waals surface area contributed by atoms with Gasteiger partial charge in [-0.05, 0) is 42.3 Å². The van der Waals surface area contributed by atoms with Crippen molar-refractivity contribution in [2.24, 2.45) is 0 Å². The second-order valence-electron chi connectivity index (χ2n) is 4.52. The molecule has 0 bridgehead atoms. The lowest BCUT2D eigenvalue weighted by Crippen LogP contribution is -2.22. The standard InChI is InChI=1S/C16H17BrFN/c1-3-19-16(13-6-4-5-7-14(13)17)12-9-8-11(2)15(18)10-12/h4-10,16,19H,3H2,1-2H3. The summed E-state index contributed by atoms with van der Waals surface area (Å²) in [6.45, 7) is 4.65. The highest BCUT2D eigenvalue weighted by Crippen LogP contribution is 2.29. The Balaban J connectivity index is 2.45. The zero-order valence-corrected chi connectivity index (χ0v) is 12.7. The van der Waals surface area contributed by atoms with Gasteiger partial charge in [0, 0.05) is 4.47 Å². The molecule has 0 saturated heterocycles. The lowest BCUT2D eigenvalue weighted by Gasteiger charge is -2.20. The quantitative estimate of drug-likeness (QED) is 0.868. The van der Waals surface area contributed by atoms with Crippen molar-refractivity contribution in [1.29, 1.82) is 0 Å². The van der Waals surface area contributed by atoms with Crippen LogP contribution in [0.5, 0.6) is 0 Å². The van der Waals surface area contributed by atoms with E-state index in [1.807, 2.05) is 37.3 Å². The van der Waals surface area contributed by atoms with Crippen LogP contribution in [0.2, 0.25) is 0 Å². The summed E-state index contributed by atoms with van der Waals surface area (Å²) in [4.78, 5) is 0. The predicted molar refractivity (Wildman–Crippen MR) is 80.8 cm³/mol. The number of hydrogen-bond donors (Lipinski definition) is 1. The Morgan fingerprint density at radius 3 is 2.58 bits per heavy atom. The molecule has 0 saturated carbocycles. The Labute approximate surface area is 122 Å². The Kier molecular flexibility index (Phi) is 4.72. The van der Waals surface area contributed by atoms with E-state index in [-0.39, 0.29) is 11.9 Å². The minimum atomic E-state index is -0.160. The van der Waals surface area contributed by atoms with Crippen molar-refractivity contribution in [3.63, 3.8) is 0 Å². The molecule has 0 amide bonds. The van der Waals surface area contributed by atoms with Gasteiger partial charge in [-0.3, -0.25) is 0 Å². The van der Waals surface area contributed by atoms with Crippen LogP contribution in [0.4, 0.5) is 4.39 Å². The number of benzene rings is 2. The molecular formula is C16H17BrFN. The van der Waals surface area contributed by atoms with E-state index in [0.717, 1.165) is 22.1 Å². The summed E-state index contributed by atoms with van der Waals surface area (Å²) in [5.74, 6) is -0.160. The van der Waals surface area contributed by atoms with Crippen LogP contribution in [0, 0.1) is 12.7 Å². The topological polar surface area (TPSA) is 12.0 Å². The van der Waals surface area contributed by atoms with Crippen LogP contribution in [-0.2, 0) is 0 Å². The van der Waals surface area contributed by atoms with E-state index in [9.17, 15) is 4.39 Å². The van der Waals surface area contributed by atoms with Crippen molar-refractivity contribution in [2.45, 2.75) is 19.9 Å². The monoisotopic (exact) mass is 321 g/mol. The minimum Gasteiger partial charge on any atom is -0.306 e. The summed E-state index contributed by atoms with van der Waals surface area (Å²) in [6, 6.07) is 13.4.